The number of hydrogen-bond acceptors (Lipinski definition) is 0. The van der Waals surface area contributed by atoms with Gasteiger partial charge in [-0.3, -0.25) is 0 Å². The molecule has 7 rings (SSSR count). The minimum atomic E-state index is 1.29. The molecule has 0 heteroatoms. The minimum absolute atomic E-state index is 1.29. The highest BCUT2D eigenvalue weighted by Crippen LogP contribution is 2.41. The van der Waals surface area contributed by atoms with E-state index in [4.69, 9.17) is 0 Å². The molecular weight excluding hydrogens is 384 g/mol. The van der Waals surface area contributed by atoms with Gasteiger partial charge < -0.3 is 0 Å². The summed E-state index contributed by atoms with van der Waals surface area (Å²) in [5.74, 6) is 0. The van der Waals surface area contributed by atoms with Gasteiger partial charge in [-0.1, -0.05) is 60.7 Å². The average Bonchev–Trinajstić information content (AvgIpc) is 2.84. The molecule has 0 saturated heterocycles. The van der Waals surface area contributed by atoms with E-state index in [0.29, 0.717) is 0 Å². The molecule has 0 saturated carbocycles. The quantitative estimate of drug-likeness (QED) is 0.174. The first kappa shape index (κ1) is 17.7. The number of rotatable bonds is 0. The standard InChI is InChI=1S/C32H22/c1-19-11-12-20(2)26-18-32-30-16-24-10-6-4-8-22(24)14-28(30)27-13-21-7-3-5-9-23(21)15-29(27)31(32)17-25(19)26/h3-18H,1-2H3. The molecular formula is C32H22. The van der Waals surface area contributed by atoms with Gasteiger partial charge in [0.15, 0.2) is 0 Å². The summed E-state index contributed by atoms with van der Waals surface area (Å²) >= 11 is 0. The lowest BCUT2D eigenvalue weighted by molar-refractivity contribution is 1.47. The molecule has 32 heavy (non-hydrogen) atoms. The monoisotopic (exact) mass is 406 g/mol. The van der Waals surface area contributed by atoms with Gasteiger partial charge in [0.05, 0.1) is 0 Å². The lowest BCUT2D eigenvalue weighted by Crippen LogP contribution is -1.88. The molecule has 0 aliphatic carbocycles. The van der Waals surface area contributed by atoms with Crippen molar-refractivity contribution >= 4 is 64.6 Å². The second-order valence-corrected chi connectivity index (χ2v) is 9.13. The van der Waals surface area contributed by atoms with E-state index in [2.05, 4.69) is 111 Å². The fourth-order valence-electron chi connectivity index (χ4n) is 5.50. The summed E-state index contributed by atoms with van der Waals surface area (Å²) < 4.78 is 0. The van der Waals surface area contributed by atoms with Crippen LogP contribution in [0.4, 0.5) is 0 Å². The predicted molar refractivity (Wildman–Crippen MR) is 141 cm³/mol. The van der Waals surface area contributed by atoms with E-state index >= 15 is 0 Å². The molecule has 0 radical (unpaired) electrons. The molecule has 0 aliphatic heterocycles. The minimum Gasteiger partial charge on any atom is -0.0616 e. The summed E-state index contributed by atoms with van der Waals surface area (Å²) in [4.78, 5) is 0. The van der Waals surface area contributed by atoms with Gasteiger partial charge in [-0.15, -0.1) is 0 Å². The zero-order valence-electron chi connectivity index (χ0n) is 18.2. The predicted octanol–water partition coefficient (Wildman–Crippen LogP) is 9.22. The van der Waals surface area contributed by atoms with E-state index in [1.54, 1.807) is 0 Å². The van der Waals surface area contributed by atoms with Crippen LogP contribution in [-0.2, 0) is 0 Å². The van der Waals surface area contributed by atoms with Crippen LogP contribution < -0.4 is 0 Å². The van der Waals surface area contributed by atoms with Crippen molar-refractivity contribution in [2.75, 3.05) is 0 Å². The highest BCUT2D eigenvalue weighted by molar-refractivity contribution is 6.30. The van der Waals surface area contributed by atoms with Crippen molar-refractivity contribution in [1.82, 2.24) is 0 Å². The van der Waals surface area contributed by atoms with E-state index in [9.17, 15) is 0 Å². The highest BCUT2D eigenvalue weighted by Gasteiger charge is 2.13. The van der Waals surface area contributed by atoms with E-state index in [1.807, 2.05) is 0 Å². The third-order valence-electron chi connectivity index (χ3n) is 7.23. The van der Waals surface area contributed by atoms with Gasteiger partial charge in [-0.2, -0.15) is 0 Å². The van der Waals surface area contributed by atoms with Crippen LogP contribution in [0.2, 0.25) is 0 Å². The molecule has 7 aromatic rings. The molecule has 0 N–H and O–H groups in total. The maximum Gasteiger partial charge on any atom is -0.00922 e. The molecule has 7 aromatic carbocycles. The molecule has 0 aromatic heterocycles. The topological polar surface area (TPSA) is 0 Å². The molecule has 0 atom stereocenters. The summed E-state index contributed by atoms with van der Waals surface area (Å²) in [5, 5.41) is 15.9. The van der Waals surface area contributed by atoms with Crippen LogP contribution in [0.3, 0.4) is 0 Å². The number of hydrogen-bond donors (Lipinski definition) is 0. The Hall–Kier alpha value is -3.90. The van der Waals surface area contributed by atoms with Crippen LogP contribution in [0.1, 0.15) is 11.1 Å². The van der Waals surface area contributed by atoms with Crippen molar-refractivity contribution in [2.24, 2.45) is 0 Å². The van der Waals surface area contributed by atoms with Crippen LogP contribution in [0, 0.1) is 13.8 Å². The molecule has 0 unspecified atom stereocenters. The van der Waals surface area contributed by atoms with E-state index in [-0.39, 0.29) is 0 Å². The summed E-state index contributed by atoms with van der Waals surface area (Å²) in [6, 6.07) is 36.3. The Morgan fingerprint density at radius 1 is 0.312 bits per heavy atom. The Bertz CT molecular complexity index is 1750. The lowest BCUT2D eigenvalue weighted by atomic mass is 9.88. The van der Waals surface area contributed by atoms with E-state index < -0.39 is 0 Å². The van der Waals surface area contributed by atoms with Crippen molar-refractivity contribution < 1.29 is 0 Å². The third kappa shape index (κ3) is 2.38. The van der Waals surface area contributed by atoms with Gasteiger partial charge in [0.1, 0.15) is 0 Å². The Labute approximate surface area is 186 Å². The van der Waals surface area contributed by atoms with Crippen molar-refractivity contribution in [3.63, 3.8) is 0 Å². The van der Waals surface area contributed by atoms with Gasteiger partial charge in [-0.05, 0) is 126 Å². The second kappa shape index (κ2) is 6.31. The fourth-order valence-corrected chi connectivity index (χ4v) is 5.50. The fraction of sp³-hybridized carbons (Fsp3) is 0.0625. The number of fused-ring (bicyclic) bond motifs is 9. The van der Waals surface area contributed by atoms with Crippen molar-refractivity contribution in [1.29, 1.82) is 0 Å². The zero-order valence-corrected chi connectivity index (χ0v) is 18.2. The molecule has 0 amide bonds. The van der Waals surface area contributed by atoms with Crippen molar-refractivity contribution in [2.45, 2.75) is 13.8 Å². The number of benzene rings is 7. The van der Waals surface area contributed by atoms with Crippen LogP contribution >= 0.6 is 0 Å². The van der Waals surface area contributed by atoms with Crippen LogP contribution in [0.5, 0.6) is 0 Å². The van der Waals surface area contributed by atoms with Crippen LogP contribution in [0.15, 0.2) is 97.1 Å². The Kier molecular flexibility index (Phi) is 3.50. The molecule has 150 valence electrons. The largest absolute Gasteiger partial charge is 0.0616 e. The van der Waals surface area contributed by atoms with Gasteiger partial charge in [0.2, 0.25) is 0 Å². The van der Waals surface area contributed by atoms with Gasteiger partial charge in [0, 0.05) is 0 Å². The molecule has 0 heterocycles. The molecule has 0 spiro atoms. The van der Waals surface area contributed by atoms with Gasteiger partial charge in [-0.25, -0.2) is 0 Å². The average molecular weight is 407 g/mol. The van der Waals surface area contributed by atoms with E-state index in [1.165, 1.54) is 75.8 Å². The Morgan fingerprint density at radius 2 is 0.594 bits per heavy atom. The second-order valence-electron chi connectivity index (χ2n) is 9.13. The first-order valence-corrected chi connectivity index (χ1v) is 11.3. The normalized spacial score (nSPS) is 12.1. The van der Waals surface area contributed by atoms with Crippen molar-refractivity contribution in [3.05, 3.63) is 108 Å². The SMILES string of the molecule is Cc1ccc(C)c2cc3c4cc5ccccc5cc4c4cc5ccccc5cc4c3cc12. The van der Waals surface area contributed by atoms with Crippen molar-refractivity contribution in [3.8, 4) is 0 Å². The third-order valence-corrected chi connectivity index (χ3v) is 7.23. The molecule has 0 bridgehead atoms. The summed E-state index contributed by atoms with van der Waals surface area (Å²) in [5.41, 5.74) is 2.67. The molecule has 0 fully saturated rings. The molecule has 0 aliphatic rings. The summed E-state index contributed by atoms with van der Waals surface area (Å²) in [6.07, 6.45) is 0. The van der Waals surface area contributed by atoms with Gasteiger partial charge in [0.25, 0.3) is 0 Å². The van der Waals surface area contributed by atoms with Gasteiger partial charge >= 0.3 is 0 Å². The Balaban J connectivity index is 1.83. The Morgan fingerprint density at radius 3 is 0.906 bits per heavy atom. The zero-order chi connectivity index (χ0) is 21.4. The van der Waals surface area contributed by atoms with Crippen LogP contribution in [0.25, 0.3) is 64.6 Å². The first-order chi connectivity index (χ1) is 15.7. The first-order valence-electron chi connectivity index (χ1n) is 11.3. The lowest BCUT2D eigenvalue weighted by Gasteiger charge is -2.15. The molecule has 0 nitrogen and oxygen atoms in total. The summed E-state index contributed by atoms with van der Waals surface area (Å²) in [6.45, 7) is 4.44. The smallest absolute Gasteiger partial charge is 0.00922 e. The maximum atomic E-state index is 2.43. The van der Waals surface area contributed by atoms with Crippen LogP contribution in [-0.4, -0.2) is 0 Å². The maximum absolute atomic E-state index is 2.43. The number of aryl methyl sites for hydroxylation is 2. The van der Waals surface area contributed by atoms with E-state index in [0.717, 1.165) is 0 Å². The summed E-state index contributed by atoms with van der Waals surface area (Å²) in [7, 11) is 0. The highest BCUT2D eigenvalue weighted by atomic mass is 14.2.